The summed E-state index contributed by atoms with van der Waals surface area (Å²) < 4.78 is 27.8. The maximum atomic E-state index is 13.0. The Kier molecular flexibility index (Phi) is 7.26. The minimum Gasteiger partial charge on any atom is -0.409 e. The molecule has 0 aliphatic carbocycles. The predicted molar refractivity (Wildman–Crippen MR) is 151 cm³/mol. The zero-order valence-electron chi connectivity index (χ0n) is 20.1. The van der Waals surface area contributed by atoms with Gasteiger partial charge in [0.05, 0.1) is 37.1 Å². The highest BCUT2D eigenvalue weighted by Gasteiger charge is 2.20. The molecule has 202 valence electrons. The molecule has 5 rings (SSSR count). The molecule has 2 heterocycles. The number of para-hydroxylation sites is 2. The molecule has 0 unspecified atom stereocenters. The topological polar surface area (TPSA) is 188 Å². The van der Waals surface area contributed by atoms with E-state index in [0.717, 1.165) is 17.1 Å². The number of carbonyl (C=O) groups excluding carboxylic acids is 1. The lowest BCUT2D eigenvalue weighted by molar-refractivity contribution is 0.102. The van der Waals surface area contributed by atoms with Crippen LogP contribution in [0.2, 0.25) is 10.0 Å². The van der Waals surface area contributed by atoms with Crippen LogP contribution < -0.4 is 15.8 Å². The number of carbonyl (C=O) groups is 1. The first kappa shape index (κ1) is 26.9. The third-order valence-corrected chi connectivity index (χ3v) is 7.61. The molecular formula is C25H18Cl2N8O4S. The SMILES string of the molecule is NC(=NO)c1cnc(NS(=O)(=O)c2ccc(C(=O)Nc3ccc(Cl)c(-c4nc5ccccc5[nH]4)c3)c(Cl)c2)nc1. The Labute approximate surface area is 236 Å². The molecular weight excluding hydrogens is 579 g/mol. The van der Waals surface area contributed by atoms with Crippen LogP contribution in [0.25, 0.3) is 22.4 Å². The van der Waals surface area contributed by atoms with Gasteiger partial charge in [0.15, 0.2) is 5.84 Å². The van der Waals surface area contributed by atoms with E-state index < -0.39 is 15.9 Å². The second-order valence-electron chi connectivity index (χ2n) is 8.28. The molecule has 1 amide bonds. The van der Waals surface area contributed by atoms with Gasteiger partial charge in [0.1, 0.15) is 5.82 Å². The van der Waals surface area contributed by atoms with Crippen LogP contribution >= 0.6 is 23.2 Å². The highest BCUT2D eigenvalue weighted by atomic mass is 35.5. The quantitative estimate of drug-likeness (QED) is 0.0786. The number of nitrogens with one attached hydrogen (secondary N) is 3. The summed E-state index contributed by atoms with van der Waals surface area (Å²) in [7, 11) is -4.16. The van der Waals surface area contributed by atoms with E-state index in [0.29, 0.717) is 22.1 Å². The largest absolute Gasteiger partial charge is 0.409 e. The van der Waals surface area contributed by atoms with Crippen LogP contribution in [0.3, 0.4) is 0 Å². The van der Waals surface area contributed by atoms with Crippen LogP contribution in [0.15, 0.2) is 83.1 Å². The van der Waals surface area contributed by atoms with Gasteiger partial charge in [0.25, 0.3) is 15.9 Å². The number of nitrogens with zero attached hydrogens (tertiary/aromatic N) is 4. The summed E-state index contributed by atoms with van der Waals surface area (Å²) in [6.07, 6.45) is 2.35. The van der Waals surface area contributed by atoms with Crippen LogP contribution in [0.1, 0.15) is 15.9 Å². The number of fused-ring (bicyclic) bond motifs is 1. The second-order valence-corrected chi connectivity index (χ2v) is 10.8. The van der Waals surface area contributed by atoms with Crippen LogP contribution in [-0.4, -0.2) is 45.3 Å². The summed E-state index contributed by atoms with van der Waals surface area (Å²) >= 11 is 12.7. The lowest BCUT2D eigenvalue weighted by atomic mass is 10.1. The lowest BCUT2D eigenvalue weighted by Gasteiger charge is -2.11. The first-order chi connectivity index (χ1) is 19.1. The number of aromatic amines is 1. The minimum absolute atomic E-state index is 0.0419. The summed E-state index contributed by atoms with van der Waals surface area (Å²) in [5, 5.41) is 14.6. The van der Waals surface area contributed by atoms with Crippen LogP contribution in [0, 0.1) is 0 Å². The molecule has 0 aliphatic rings. The fraction of sp³-hybridized carbons (Fsp3) is 0. The van der Waals surface area contributed by atoms with Gasteiger partial charge in [-0.2, -0.15) is 0 Å². The van der Waals surface area contributed by atoms with Crippen LogP contribution in [0.5, 0.6) is 0 Å². The highest BCUT2D eigenvalue weighted by Crippen LogP contribution is 2.31. The summed E-state index contributed by atoms with van der Waals surface area (Å²) in [5.41, 5.74) is 8.28. The fourth-order valence-corrected chi connectivity index (χ4v) is 5.18. The zero-order valence-corrected chi connectivity index (χ0v) is 22.5. The van der Waals surface area contributed by atoms with E-state index >= 15 is 0 Å². The minimum atomic E-state index is -4.16. The number of halogens is 2. The number of oxime groups is 1. The molecule has 12 nitrogen and oxygen atoms in total. The summed E-state index contributed by atoms with van der Waals surface area (Å²) in [5.74, 6) is -0.525. The van der Waals surface area contributed by atoms with Gasteiger partial charge in [-0.1, -0.05) is 40.5 Å². The number of rotatable bonds is 7. The van der Waals surface area contributed by atoms with Crippen molar-refractivity contribution in [3.63, 3.8) is 0 Å². The molecule has 0 atom stereocenters. The molecule has 15 heteroatoms. The number of amides is 1. The molecule has 0 aliphatic heterocycles. The molecule has 0 bridgehead atoms. The monoisotopic (exact) mass is 596 g/mol. The molecule has 40 heavy (non-hydrogen) atoms. The van der Waals surface area contributed by atoms with Crippen molar-refractivity contribution in [2.75, 3.05) is 10.0 Å². The number of hydrogen-bond acceptors (Lipinski definition) is 8. The van der Waals surface area contributed by atoms with Crippen molar-refractivity contribution >= 4 is 67.6 Å². The highest BCUT2D eigenvalue weighted by molar-refractivity contribution is 7.92. The van der Waals surface area contributed by atoms with Gasteiger partial charge in [-0.3, -0.25) is 4.79 Å². The third-order valence-electron chi connectivity index (χ3n) is 5.65. The van der Waals surface area contributed by atoms with Gasteiger partial charge < -0.3 is 21.2 Å². The maximum Gasteiger partial charge on any atom is 0.264 e. The molecule has 0 saturated heterocycles. The second kappa shape index (κ2) is 10.8. The Bertz CT molecular complexity index is 1860. The normalized spacial score (nSPS) is 11.9. The summed E-state index contributed by atoms with van der Waals surface area (Å²) in [6.45, 7) is 0. The number of anilines is 2. The molecule has 0 saturated carbocycles. The van der Waals surface area contributed by atoms with Crippen LogP contribution in [0.4, 0.5) is 11.6 Å². The van der Waals surface area contributed by atoms with Gasteiger partial charge in [0, 0.05) is 23.6 Å². The number of aromatic nitrogens is 4. The predicted octanol–water partition coefficient (Wildman–Crippen LogP) is 4.47. The number of amidine groups is 1. The van der Waals surface area contributed by atoms with E-state index in [1.54, 1.807) is 18.2 Å². The summed E-state index contributed by atoms with van der Waals surface area (Å²) in [4.78, 5) is 28.2. The van der Waals surface area contributed by atoms with E-state index in [4.69, 9.17) is 34.1 Å². The van der Waals surface area contributed by atoms with Crippen molar-refractivity contribution in [2.24, 2.45) is 10.9 Å². The number of hydrogen-bond donors (Lipinski definition) is 5. The molecule has 0 fully saturated rings. The summed E-state index contributed by atoms with van der Waals surface area (Å²) in [6, 6.07) is 16.1. The van der Waals surface area contributed by atoms with Crippen molar-refractivity contribution in [1.82, 2.24) is 19.9 Å². The Hall–Kier alpha value is -4.72. The Morgan fingerprint density at radius 3 is 2.45 bits per heavy atom. The molecule has 5 aromatic rings. The van der Waals surface area contributed by atoms with Crippen LogP contribution in [-0.2, 0) is 10.0 Å². The Morgan fingerprint density at radius 2 is 1.75 bits per heavy atom. The number of imidazole rings is 1. The van der Waals surface area contributed by atoms with Crippen molar-refractivity contribution in [3.8, 4) is 11.4 Å². The van der Waals surface area contributed by atoms with Crippen molar-refractivity contribution in [1.29, 1.82) is 0 Å². The number of benzene rings is 3. The van der Waals surface area contributed by atoms with Gasteiger partial charge in [-0.25, -0.2) is 28.1 Å². The third kappa shape index (κ3) is 5.52. The number of sulfonamides is 1. The van der Waals surface area contributed by atoms with E-state index in [1.807, 2.05) is 24.3 Å². The average Bonchev–Trinajstić information content (AvgIpc) is 3.38. The molecule has 3 aromatic carbocycles. The van der Waals surface area contributed by atoms with Gasteiger partial charge >= 0.3 is 0 Å². The van der Waals surface area contributed by atoms with Gasteiger partial charge in [-0.15, -0.1) is 0 Å². The zero-order chi connectivity index (χ0) is 28.4. The van der Waals surface area contributed by atoms with E-state index in [1.165, 1.54) is 24.5 Å². The van der Waals surface area contributed by atoms with Gasteiger partial charge in [0.2, 0.25) is 5.95 Å². The maximum absolute atomic E-state index is 13.0. The van der Waals surface area contributed by atoms with Crippen molar-refractivity contribution in [3.05, 3.63) is 94.2 Å². The molecule has 0 radical (unpaired) electrons. The van der Waals surface area contributed by atoms with Crippen molar-refractivity contribution in [2.45, 2.75) is 4.90 Å². The first-order valence-corrected chi connectivity index (χ1v) is 13.6. The van der Waals surface area contributed by atoms with Gasteiger partial charge in [-0.05, 0) is 48.5 Å². The number of nitrogens with two attached hydrogens (primary N) is 1. The van der Waals surface area contributed by atoms with Crippen molar-refractivity contribution < 1.29 is 18.4 Å². The smallest absolute Gasteiger partial charge is 0.264 e. The lowest BCUT2D eigenvalue weighted by Crippen LogP contribution is -2.18. The molecule has 6 N–H and O–H groups in total. The fourth-order valence-electron chi connectivity index (χ4n) is 3.66. The number of H-pyrrole nitrogens is 1. The Balaban J connectivity index is 1.34. The first-order valence-electron chi connectivity index (χ1n) is 11.3. The average molecular weight is 597 g/mol. The standard InChI is InChI=1S/C25H18Cl2N8O4S/c26-18-8-5-14(9-17(18)23-32-20-3-1-2-4-21(20)33-23)31-24(36)16-7-6-15(10-19(16)27)40(38,39)35-25-29-11-13(12-30-25)22(28)34-37/h1-12,37H,(H2,28,34)(H,31,36)(H,32,33)(H,29,30,35). The molecule has 0 spiro atoms. The van der Waals surface area contributed by atoms with E-state index in [-0.39, 0.29) is 32.8 Å². The Morgan fingerprint density at radius 1 is 1.00 bits per heavy atom. The van der Waals surface area contributed by atoms with E-state index in [2.05, 4.69) is 35.1 Å². The van der Waals surface area contributed by atoms with E-state index in [9.17, 15) is 13.2 Å². The molecule has 2 aromatic heterocycles.